The van der Waals surface area contributed by atoms with Crippen LogP contribution >= 0.6 is 0 Å². The van der Waals surface area contributed by atoms with Gasteiger partial charge >= 0.3 is 0 Å². The van der Waals surface area contributed by atoms with E-state index < -0.39 is 0 Å². The fourth-order valence-electron chi connectivity index (χ4n) is 0.932. The monoisotopic (exact) mass is 187 g/mol. The Hall–Kier alpha value is -2.12. The van der Waals surface area contributed by atoms with Gasteiger partial charge in [0, 0.05) is 6.08 Å². The number of hydrogen-bond donors (Lipinski definition) is 2. The molecule has 3 N–H and O–H groups in total. The highest BCUT2D eigenvalue weighted by Gasteiger charge is 1.92. The van der Waals surface area contributed by atoms with Gasteiger partial charge in [0.1, 0.15) is 0 Å². The zero-order valence-corrected chi connectivity index (χ0v) is 7.40. The van der Waals surface area contributed by atoms with Crippen molar-refractivity contribution in [3.63, 3.8) is 0 Å². The van der Waals surface area contributed by atoms with Gasteiger partial charge in [0.05, 0.1) is 11.6 Å². The summed E-state index contributed by atoms with van der Waals surface area (Å²) in [6.45, 7) is 0. The molecule has 0 aliphatic carbocycles. The summed E-state index contributed by atoms with van der Waals surface area (Å²) in [5.74, 6) is 4.51. The quantitative estimate of drug-likeness (QED) is 0.307. The Balaban J connectivity index is 2.83. The van der Waals surface area contributed by atoms with Gasteiger partial charge in [0.15, 0.2) is 0 Å². The van der Waals surface area contributed by atoms with Crippen molar-refractivity contribution in [2.24, 2.45) is 5.84 Å². The zero-order valence-electron chi connectivity index (χ0n) is 7.40. The number of carbonyl (C=O) groups excluding carboxylic acids is 1. The van der Waals surface area contributed by atoms with Crippen molar-refractivity contribution in [3.8, 4) is 6.07 Å². The first-order valence-corrected chi connectivity index (χ1v) is 3.95. The summed E-state index contributed by atoms with van der Waals surface area (Å²) >= 11 is 0. The Bertz CT molecular complexity index is 404. The minimum Gasteiger partial charge on any atom is -0.291 e. The number of nitrogens with zero attached hydrogens (tertiary/aromatic N) is 1. The van der Waals surface area contributed by atoms with Gasteiger partial charge < -0.3 is 0 Å². The molecule has 4 heteroatoms. The van der Waals surface area contributed by atoms with Crippen LogP contribution in [0.4, 0.5) is 0 Å². The molecule has 0 atom stereocenters. The number of nitrogens with two attached hydrogens (primary N) is 1. The van der Waals surface area contributed by atoms with Gasteiger partial charge in [-0.15, -0.1) is 0 Å². The second-order valence-corrected chi connectivity index (χ2v) is 2.58. The van der Waals surface area contributed by atoms with Gasteiger partial charge in [-0.1, -0.05) is 12.1 Å². The van der Waals surface area contributed by atoms with Crippen LogP contribution in [0.3, 0.4) is 0 Å². The minimum absolute atomic E-state index is 0.382. The molecule has 70 valence electrons. The molecule has 0 aromatic heterocycles. The molecule has 0 unspecified atom stereocenters. The lowest BCUT2D eigenvalue weighted by atomic mass is 10.1. The predicted octanol–water partition coefficient (Wildman–Crippen LogP) is 0.561. The average molecular weight is 187 g/mol. The van der Waals surface area contributed by atoms with Crippen molar-refractivity contribution in [1.29, 1.82) is 5.26 Å². The first-order valence-electron chi connectivity index (χ1n) is 3.95. The smallest absolute Gasteiger partial charge is 0.257 e. The van der Waals surface area contributed by atoms with E-state index >= 15 is 0 Å². The Morgan fingerprint density at radius 1 is 1.57 bits per heavy atom. The molecule has 1 rings (SSSR count). The van der Waals surface area contributed by atoms with E-state index in [-0.39, 0.29) is 5.91 Å². The third kappa shape index (κ3) is 2.73. The summed E-state index contributed by atoms with van der Waals surface area (Å²) in [7, 11) is 0. The van der Waals surface area contributed by atoms with Crippen molar-refractivity contribution in [2.45, 2.75) is 0 Å². The van der Waals surface area contributed by atoms with E-state index in [1.54, 1.807) is 30.3 Å². The number of benzene rings is 1. The lowest BCUT2D eigenvalue weighted by molar-refractivity contribution is -0.116. The highest BCUT2D eigenvalue weighted by molar-refractivity contribution is 5.91. The summed E-state index contributed by atoms with van der Waals surface area (Å²) in [5, 5.41) is 8.61. The molecule has 0 aliphatic heterocycles. The Morgan fingerprint density at radius 3 is 3.00 bits per heavy atom. The highest BCUT2D eigenvalue weighted by Crippen LogP contribution is 2.05. The molecule has 1 aromatic carbocycles. The summed E-state index contributed by atoms with van der Waals surface area (Å²) in [6.07, 6.45) is 2.89. The van der Waals surface area contributed by atoms with E-state index in [4.69, 9.17) is 11.1 Å². The second kappa shape index (κ2) is 4.80. The van der Waals surface area contributed by atoms with Gasteiger partial charge in [0.25, 0.3) is 5.91 Å². The fraction of sp³-hybridized carbons (Fsp3) is 0. The van der Waals surface area contributed by atoms with Crippen molar-refractivity contribution >= 4 is 12.0 Å². The molecular formula is C10H9N3O. The number of carbonyl (C=O) groups is 1. The van der Waals surface area contributed by atoms with Gasteiger partial charge in [-0.3, -0.25) is 10.2 Å². The van der Waals surface area contributed by atoms with Gasteiger partial charge in [-0.05, 0) is 23.8 Å². The maximum Gasteiger partial charge on any atom is 0.257 e. The lowest BCUT2D eigenvalue weighted by Crippen LogP contribution is -2.27. The molecule has 0 saturated heterocycles. The summed E-state index contributed by atoms with van der Waals surface area (Å²) in [4.78, 5) is 10.8. The van der Waals surface area contributed by atoms with E-state index in [2.05, 4.69) is 0 Å². The largest absolute Gasteiger partial charge is 0.291 e. The zero-order chi connectivity index (χ0) is 10.4. The first-order chi connectivity index (χ1) is 6.76. The molecule has 14 heavy (non-hydrogen) atoms. The molecule has 0 saturated carbocycles. The number of nitriles is 1. The fourth-order valence-corrected chi connectivity index (χ4v) is 0.932. The summed E-state index contributed by atoms with van der Waals surface area (Å²) in [6, 6.07) is 8.93. The van der Waals surface area contributed by atoms with E-state index in [9.17, 15) is 4.79 Å². The van der Waals surface area contributed by atoms with Crippen molar-refractivity contribution < 1.29 is 4.79 Å². The number of hydrogen-bond acceptors (Lipinski definition) is 3. The standard InChI is InChI=1S/C10H9N3O/c11-7-9-3-1-2-8(6-9)4-5-10(14)13-12/h1-6H,12H2,(H,13,14)/b5-4+. The molecule has 0 spiro atoms. The first kappa shape index (κ1) is 9.96. The second-order valence-electron chi connectivity index (χ2n) is 2.58. The van der Waals surface area contributed by atoms with Crippen LogP contribution in [-0.4, -0.2) is 5.91 Å². The molecule has 1 aromatic rings. The van der Waals surface area contributed by atoms with Crippen LogP contribution < -0.4 is 11.3 Å². The Labute approximate surface area is 81.6 Å². The molecule has 0 heterocycles. The summed E-state index contributed by atoms with van der Waals surface area (Å²) in [5.41, 5.74) is 3.31. The molecule has 0 fully saturated rings. The van der Waals surface area contributed by atoms with Crippen LogP contribution in [-0.2, 0) is 4.79 Å². The SMILES string of the molecule is N#Cc1cccc(/C=C/C(=O)NN)c1. The Morgan fingerprint density at radius 2 is 2.36 bits per heavy atom. The van der Waals surface area contributed by atoms with Crippen molar-refractivity contribution in [2.75, 3.05) is 0 Å². The Kier molecular flexibility index (Phi) is 3.41. The van der Waals surface area contributed by atoms with E-state index in [0.29, 0.717) is 5.56 Å². The molecular weight excluding hydrogens is 178 g/mol. The molecule has 4 nitrogen and oxygen atoms in total. The highest BCUT2D eigenvalue weighted by atomic mass is 16.2. The van der Waals surface area contributed by atoms with Crippen LogP contribution in [0.25, 0.3) is 6.08 Å². The van der Waals surface area contributed by atoms with E-state index in [0.717, 1.165) is 5.56 Å². The maximum absolute atomic E-state index is 10.8. The normalized spacial score (nSPS) is 9.71. The number of hydrazine groups is 1. The van der Waals surface area contributed by atoms with Crippen LogP contribution in [0.2, 0.25) is 0 Å². The topological polar surface area (TPSA) is 78.9 Å². The van der Waals surface area contributed by atoms with E-state index in [1.807, 2.05) is 11.5 Å². The number of nitrogens with one attached hydrogen (secondary N) is 1. The van der Waals surface area contributed by atoms with Crippen LogP contribution in [0.5, 0.6) is 0 Å². The summed E-state index contributed by atoms with van der Waals surface area (Å²) < 4.78 is 0. The van der Waals surface area contributed by atoms with E-state index in [1.165, 1.54) is 6.08 Å². The van der Waals surface area contributed by atoms with Gasteiger partial charge in [-0.2, -0.15) is 5.26 Å². The molecule has 0 radical (unpaired) electrons. The van der Waals surface area contributed by atoms with Crippen LogP contribution in [0.15, 0.2) is 30.3 Å². The maximum atomic E-state index is 10.8. The molecule has 0 bridgehead atoms. The molecule has 1 amide bonds. The van der Waals surface area contributed by atoms with Crippen molar-refractivity contribution in [3.05, 3.63) is 41.5 Å². The van der Waals surface area contributed by atoms with Crippen LogP contribution in [0, 0.1) is 11.3 Å². The van der Waals surface area contributed by atoms with Crippen molar-refractivity contribution in [1.82, 2.24) is 5.43 Å². The minimum atomic E-state index is -0.382. The molecule has 0 aliphatic rings. The average Bonchev–Trinajstić information content (AvgIpc) is 2.26. The van der Waals surface area contributed by atoms with Crippen LogP contribution in [0.1, 0.15) is 11.1 Å². The third-order valence-electron chi connectivity index (χ3n) is 1.59. The number of amides is 1. The predicted molar refractivity (Wildman–Crippen MR) is 52.5 cm³/mol. The van der Waals surface area contributed by atoms with Gasteiger partial charge in [-0.25, -0.2) is 5.84 Å². The third-order valence-corrected chi connectivity index (χ3v) is 1.59. The number of rotatable bonds is 2. The van der Waals surface area contributed by atoms with Gasteiger partial charge in [0.2, 0.25) is 0 Å². The lowest BCUT2D eigenvalue weighted by Gasteiger charge is -1.93.